The van der Waals surface area contributed by atoms with E-state index >= 15 is 0 Å². The van der Waals surface area contributed by atoms with Crippen molar-refractivity contribution in [2.24, 2.45) is 0 Å². The van der Waals surface area contributed by atoms with Crippen LogP contribution >= 0.6 is 0 Å². The first kappa shape index (κ1) is 9.66. The number of rotatable bonds is 1. The summed E-state index contributed by atoms with van der Waals surface area (Å²) in [6.45, 7) is 3.86. The molecule has 0 saturated carbocycles. The lowest BCUT2D eigenvalue weighted by atomic mass is 10.1. The lowest BCUT2D eigenvalue weighted by Gasteiger charge is -2.26. The summed E-state index contributed by atoms with van der Waals surface area (Å²) >= 11 is 0. The highest BCUT2D eigenvalue weighted by Gasteiger charge is 2.14. The lowest BCUT2D eigenvalue weighted by molar-refractivity contribution is 0.763. The Bertz CT molecular complexity index is 430. The van der Waals surface area contributed by atoms with Gasteiger partial charge in [0.25, 0.3) is 0 Å². The molecular formula is C11H12N4. The average molecular weight is 200 g/mol. The van der Waals surface area contributed by atoms with Crippen LogP contribution in [0.2, 0.25) is 0 Å². The molecule has 0 atom stereocenters. The standard InChI is InChI=1S/C11H12N4/c1-9-3-6-15(7-4-9)11-10(8-12)2-5-13-14-11/h2-3,5H,4,6-7H2,1H3. The molecule has 2 rings (SSSR count). The van der Waals surface area contributed by atoms with Crippen molar-refractivity contribution in [3.8, 4) is 6.07 Å². The van der Waals surface area contributed by atoms with Crippen molar-refractivity contribution in [2.75, 3.05) is 18.0 Å². The molecule has 0 spiro atoms. The van der Waals surface area contributed by atoms with Crippen LogP contribution in [-0.4, -0.2) is 23.3 Å². The second-order valence-corrected chi connectivity index (χ2v) is 3.63. The van der Waals surface area contributed by atoms with Gasteiger partial charge in [0.1, 0.15) is 6.07 Å². The molecule has 4 heteroatoms. The quantitative estimate of drug-likeness (QED) is 0.645. The van der Waals surface area contributed by atoms with E-state index in [0.29, 0.717) is 11.4 Å². The fourth-order valence-electron chi connectivity index (χ4n) is 1.61. The number of hydrogen-bond donors (Lipinski definition) is 0. The summed E-state index contributed by atoms with van der Waals surface area (Å²) in [6, 6.07) is 3.84. The first-order chi connectivity index (χ1) is 7.31. The third kappa shape index (κ3) is 1.96. The second kappa shape index (κ2) is 4.09. The maximum atomic E-state index is 8.94. The highest BCUT2D eigenvalue weighted by Crippen LogP contribution is 2.19. The summed E-state index contributed by atoms with van der Waals surface area (Å²) in [7, 11) is 0. The molecule has 0 aliphatic carbocycles. The minimum atomic E-state index is 0.595. The maximum absolute atomic E-state index is 8.94. The minimum absolute atomic E-state index is 0.595. The van der Waals surface area contributed by atoms with Gasteiger partial charge in [0.15, 0.2) is 5.82 Å². The van der Waals surface area contributed by atoms with Crippen molar-refractivity contribution in [1.82, 2.24) is 10.2 Å². The Morgan fingerprint density at radius 3 is 3.07 bits per heavy atom. The molecule has 0 fully saturated rings. The van der Waals surface area contributed by atoms with E-state index in [1.54, 1.807) is 12.3 Å². The van der Waals surface area contributed by atoms with Crippen molar-refractivity contribution in [1.29, 1.82) is 5.26 Å². The van der Waals surface area contributed by atoms with Gasteiger partial charge in [0.05, 0.1) is 11.8 Å². The molecule has 4 nitrogen and oxygen atoms in total. The number of nitrogens with zero attached hydrogens (tertiary/aromatic N) is 4. The van der Waals surface area contributed by atoms with Crippen LogP contribution in [0.25, 0.3) is 0 Å². The highest BCUT2D eigenvalue weighted by atomic mass is 15.3. The van der Waals surface area contributed by atoms with Gasteiger partial charge in [-0.15, -0.1) is 5.10 Å². The van der Waals surface area contributed by atoms with E-state index in [-0.39, 0.29) is 0 Å². The van der Waals surface area contributed by atoms with E-state index in [4.69, 9.17) is 5.26 Å². The lowest BCUT2D eigenvalue weighted by Crippen LogP contribution is -2.29. The molecule has 0 bridgehead atoms. The Balaban J connectivity index is 2.27. The third-order valence-corrected chi connectivity index (χ3v) is 2.56. The Morgan fingerprint density at radius 2 is 2.40 bits per heavy atom. The summed E-state index contributed by atoms with van der Waals surface area (Å²) in [6.07, 6.45) is 4.74. The molecule has 0 unspecified atom stereocenters. The molecule has 1 aromatic rings. The monoisotopic (exact) mass is 200 g/mol. The van der Waals surface area contributed by atoms with Gasteiger partial charge in [-0.25, -0.2) is 0 Å². The summed E-state index contributed by atoms with van der Waals surface area (Å²) in [4.78, 5) is 2.08. The smallest absolute Gasteiger partial charge is 0.169 e. The van der Waals surface area contributed by atoms with Gasteiger partial charge in [0.2, 0.25) is 0 Å². The van der Waals surface area contributed by atoms with Crippen LogP contribution in [0.15, 0.2) is 23.9 Å². The van der Waals surface area contributed by atoms with Crippen LogP contribution < -0.4 is 4.90 Å². The topological polar surface area (TPSA) is 52.8 Å². The molecule has 0 amide bonds. The SMILES string of the molecule is CC1=CCN(c2nnccc2C#N)CC1. The van der Waals surface area contributed by atoms with Crippen LogP contribution in [0.1, 0.15) is 18.9 Å². The summed E-state index contributed by atoms with van der Waals surface area (Å²) in [5, 5.41) is 16.8. The Morgan fingerprint density at radius 1 is 1.53 bits per heavy atom. The van der Waals surface area contributed by atoms with Crippen LogP contribution in [0.5, 0.6) is 0 Å². The minimum Gasteiger partial charge on any atom is -0.350 e. The zero-order valence-electron chi connectivity index (χ0n) is 8.64. The Kier molecular flexibility index (Phi) is 2.64. The maximum Gasteiger partial charge on any atom is 0.169 e. The van der Waals surface area contributed by atoms with E-state index < -0.39 is 0 Å². The molecule has 1 aromatic heterocycles. The van der Waals surface area contributed by atoms with Crippen molar-refractivity contribution in [3.05, 3.63) is 29.5 Å². The first-order valence-corrected chi connectivity index (χ1v) is 4.93. The number of anilines is 1. The summed E-state index contributed by atoms with van der Waals surface area (Å²) in [5.74, 6) is 0.698. The van der Waals surface area contributed by atoms with Gasteiger partial charge in [0, 0.05) is 13.1 Å². The zero-order chi connectivity index (χ0) is 10.7. The molecule has 1 aliphatic rings. The third-order valence-electron chi connectivity index (χ3n) is 2.56. The molecule has 2 heterocycles. The molecule has 0 N–H and O–H groups in total. The van der Waals surface area contributed by atoms with Gasteiger partial charge in [-0.1, -0.05) is 11.6 Å². The predicted molar refractivity (Wildman–Crippen MR) is 57.3 cm³/mol. The molecule has 0 saturated heterocycles. The van der Waals surface area contributed by atoms with Crippen molar-refractivity contribution in [3.63, 3.8) is 0 Å². The number of nitriles is 1. The van der Waals surface area contributed by atoms with Gasteiger partial charge in [-0.05, 0) is 19.4 Å². The van der Waals surface area contributed by atoms with Crippen LogP contribution in [0.3, 0.4) is 0 Å². The Labute approximate surface area is 88.9 Å². The van der Waals surface area contributed by atoms with Crippen LogP contribution in [-0.2, 0) is 0 Å². The highest BCUT2D eigenvalue weighted by molar-refractivity contribution is 5.53. The van der Waals surface area contributed by atoms with Crippen LogP contribution in [0.4, 0.5) is 5.82 Å². The van der Waals surface area contributed by atoms with Crippen molar-refractivity contribution in [2.45, 2.75) is 13.3 Å². The van der Waals surface area contributed by atoms with E-state index in [9.17, 15) is 0 Å². The fraction of sp³-hybridized carbons (Fsp3) is 0.364. The molecule has 76 valence electrons. The number of aromatic nitrogens is 2. The van der Waals surface area contributed by atoms with Gasteiger partial charge in [-0.3, -0.25) is 0 Å². The van der Waals surface area contributed by atoms with E-state index in [1.807, 2.05) is 0 Å². The van der Waals surface area contributed by atoms with E-state index in [2.05, 4.69) is 34.2 Å². The van der Waals surface area contributed by atoms with Crippen LogP contribution in [0, 0.1) is 11.3 Å². The summed E-state index contributed by atoms with van der Waals surface area (Å²) < 4.78 is 0. The molecule has 15 heavy (non-hydrogen) atoms. The van der Waals surface area contributed by atoms with E-state index in [1.165, 1.54) is 5.57 Å². The first-order valence-electron chi connectivity index (χ1n) is 4.93. The van der Waals surface area contributed by atoms with Gasteiger partial charge < -0.3 is 4.90 Å². The Hall–Kier alpha value is -1.89. The fourth-order valence-corrected chi connectivity index (χ4v) is 1.61. The average Bonchev–Trinajstić information content (AvgIpc) is 2.30. The van der Waals surface area contributed by atoms with Gasteiger partial charge in [-0.2, -0.15) is 10.4 Å². The predicted octanol–water partition coefficient (Wildman–Crippen LogP) is 1.50. The largest absolute Gasteiger partial charge is 0.350 e. The molecule has 1 aliphatic heterocycles. The van der Waals surface area contributed by atoms with E-state index in [0.717, 1.165) is 19.5 Å². The van der Waals surface area contributed by atoms with Crippen molar-refractivity contribution < 1.29 is 0 Å². The zero-order valence-corrected chi connectivity index (χ0v) is 8.64. The van der Waals surface area contributed by atoms with Crippen molar-refractivity contribution >= 4 is 5.82 Å². The molecular weight excluding hydrogens is 188 g/mol. The second-order valence-electron chi connectivity index (χ2n) is 3.63. The van der Waals surface area contributed by atoms with Gasteiger partial charge >= 0.3 is 0 Å². The molecule has 0 aromatic carbocycles. The molecule has 0 radical (unpaired) electrons. The normalized spacial score (nSPS) is 15.7. The number of hydrogen-bond acceptors (Lipinski definition) is 4. The summed E-state index contributed by atoms with van der Waals surface area (Å²) in [5.41, 5.74) is 1.99.